The van der Waals surface area contributed by atoms with Crippen molar-refractivity contribution in [2.24, 2.45) is 46.8 Å². The molecule has 4 rings (SSSR count). The van der Waals surface area contributed by atoms with E-state index in [1.165, 1.54) is 0 Å². The number of alkyl halides is 6. The third-order valence-electron chi connectivity index (χ3n) is 10.3. The molecule has 0 spiro atoms. The molecule has 0 saturated heterocycles. The predicted molar refractivity (Wildman–Crippen MR) is 109 cm³/mol. The van der Waals surface area contributed by atoms with Gasteiger partial charge in [-0.25, -0.2) is 0 Å². The minimum Gasteiger partial charge on any atom is -0.390 e. The van der Waals surface area contributed by atoms with Gasteiger partial charge in [0.2, 0.25) is 0 Å². The van der Waals surface area contributed by atoms with Gasteiger partial charge in [0.05, 0.1) is 12.7 Å². The maximum absolute atomic E-state index is 13.4. The molecule has 4 aliphatic carbocycles. The van der Waals surface area contributed by atoms with Crippen LogP contribution in [0.4, 0.5) is 26.3 Å². The molecule has 0 aliphatic heterocycles. The molecule has 0 heterocycles. The van der Waals surface area contributed by atoms with Crippen molar-refractivity contribution >= 4 is 0 Å². The van der Waals surface area contributed by atoms with E-state index in [0.29, 0.717) is 30.6 Å². The maximum Gasteiger partial charge on any atom is 0.522 e. The van der Waals surface area contributed by atoms with Crippen LogP contribution in [0.3, 0.4) is 0 Å². The van der Waals surface area contributed by atoms with Gasteiger partial charge in [0.25, 0.3) is 0 Å². The number of aliphatic hydroxyl groups is 2. The lowest BCUT2D eigenvalue weighted by atomic mass is 9.48. The van der Waals surface area contributed by atoms with Gasteiger partial charge in [-0.2, -0.15) is 13.2 Å². The molecule has 2 N–H and O–H groups in total. The van der Waals surface area contributed by atoms with E-state index >= 15 is 0 Å². The highest BCUT2D eigenvalue weighted by Crippen LogP contribution is 2.66. The Hall–Kier alpha value is -0.540. The first-order chi connectivity index (χ1) is 15.2. The van der Waals surface area contributed by atoms with Crippen LogP contribution >= 0.6 is 0 Å². The molecule has 0 aromatic heterocycles. The predicted octanol–water partition coefficient (Wildman–Crippen LogP) is 6.08. The summed E-state index contributed by atoms with van der Waals surface area (Å²) >= 11 is 0. The fourth-order valence-electron chi connectivity index (χ4n) is 8.64. The Labute approximate surface area is 191 Å². The van der Waals surface area contributed by atoms with E-state index in [4.69, 9.17) is 0 Å². The van der Waals surface area contributed by atoms with Gasteiger partial charge in [0.15, 0.2) is 5.60 Å². The van der Waals surface area contributed by atoms with Crippen LogP contribution in [-0.4, -0.2) is 41.1 Å². The summed E-state index contributed by atoms with van der Waals surface area (Å²) in [5.41, 5.74) is -2.65. The highest BCUT2D eigenvalue weighted by molar-refractivity contribution is 5.08. The lowest BCUT2D eigenvalue weighted by molar-refractivity contribution is -0.332. The van der Waals surface area contributed by atoms with Gasteiger partial charge in [-0.15, -0.1) is 13.2 Å². The van der Waals surface area contributed by atoms with E-state index in [0.717, 1.165) is 32.1 Å². The molecular weight excluding hydrogens is 450 g/mol. The molecule has 3 nitrogen and oxygen atoms in total. The Morgan fingerprint density at radius 2 is 1.58 bits per heavy atom. The van der Waals surface area contributed by atoms with E-state index in [9.17, 15) is 36.6 Å². The van der Waals surface area contributed by atoms with Gasteiger partial charge in [0.1, 0.15) is 0 Å². The van der Waals surface area contributed by atoms with Crippen LogP contribution < -0.4 is 0 Å². The van der Waals surface area contributed by atoms with Gasteiger partial charge in [-0.05, 0) is 105 Å². The molecule has 0 unspecified atom stereocenters. The van der Waals surface area contributed by atoms with Crippen molar-refractivity contribution < 1.29 is 41.3 Å². The summed E-state index contributed by atoms with van der Waals surface area (Å²) in [4.78, 5) is 0. The van der Waals surface area contributed by atoms with Crippen LogP contribution in [0.25, 0.3) is 0 Å². The summed E-state index contributed by atoms with van der Waals surface area (Å²) in [5, 5.41) is 20.7. The Morgan fingerprint density at radius 3 is 2.21 bits per heavy atom. The van der Waals surface area contributed by atoms with Crippen LogP contribution in [-0.2, 0) is 4.74 Å². The first kappa shape index (κ1) is 25.5. The standard InChI is InChI=1S/C24H36F6O3/c1-13(20(31)12-33-24(28,29)30)18-5-6-19-17-4-3-14-11-22(32,23(25,26)27)10-8-15(14)16(17)7-9-21(18,19)2/h13-20,31-32H,3-12H2,1-2H3/t13-,14+,15-,16+,17+,18+,19-,20+,21+,22+/m0/s1. The summed E-state index contributed by atoms with van der Waals surface area (Å²) in [6.07, 6.45) is -5.46. The zero-order valence-electron chi connectivity index (χ0n) is 19.3. The molecule has 4 fully saturated rings. The van der Waals surface area contributed by atoms with Crippen LogP contribution in [0, 0.1) is 46.8 Å². The molecule has 192 valence electrons. The average molecular weight is 487 g/mol. The summed E-state index contributed by atoms with van der Waals surface area (Å²) in [6, 6.07) is 0. The fraction of sp³-hybridized carbons (Fsp3) is 1.00. The monoisotopic (exact) mass is 486 g/mol. The van der Waals surface area contributed by atoms with Crippen molar-refractivity contribution in [1.82, 2.24) is 0 Å². The van der Waals surface area contributed by atoms with E-state index in [2.05, 4.69) is 11.7 Å². The maximum atomic E-state index is 13.4. The molecule has 0 aromatic rings. The summed E-state index contributed by atoms with van der Waals surface area (Å²) in [7, 11) is 0. The second-order valence-electron chi connectivity index (χ2n) is 11.6. The van der Waals surface area contributed by atoms with Crippen LogP contribution in [0.1, 0.15) is 71.6 Å². The molecule has 4 saturated carbocycles. The third kappa shape index (κ3) is 4.55. The molecule has 0 amide bonds. The average Bonchev–Trinajstić information content (AvgIpc) is 3.06. The normalized spacial score (nSPS) is 45.6. The number of aliphatic hydroxyl groups excluding tert-OH is 1. The summed E-state index contributed by atoms with van der Waals surface area (Å²) in [6.45, 7) is 3.25. The van der Waals surface area contributed by atoms with Crippen LogP contribution in [0.2, 0.25) is 0 Å². The fourth-order valence-corrected chi connectivity index (χ4v) is 8.64. The van der Waals surface area contributed by atoms with Gasteiger partial charge in [-0.3, -0.25) is 4.74 Å². The second-order valence-corrected chi connectivity index (χ2v) is 11.6. The van der Waals surface area contributed by atoms with E-state index in [1.807, 2.05) is 6.92 Å². The SMILES string of the molecule is C[C@H]([C@H](O)COC(F)(F)F)[C@H]1CC[C@H]2[C@@H]3CC[C@@H]4C[C@@](O)(C(F)(F)F)CC[C@@H]4[C@H]3CC[C@]12C. The zero-order valence-corrected chi connectivity index (χ0v) is 19.3. The largest absolute Gasteiger partial charge is 0.522 e. The number of fused-ring (bicyclic) bond motifs is 5. The van der Waals surface area contributed by atoms with Gasteiger partial charge in [0, 0.05) is 0 Å². The van der Waals surface area contributed by atoms with E-state index in [1.54, 1.807) is 0 Å². The number of ether oxygens (including phenoxy) is 1. The minimum absolute atomic E-state index is 0.0893. The molecule has 33 heavy (non-hydrogen) atoms. The van der Waals surface area contributed by atoms with Crippen LogP contribution in [0.15, 0.2) is 0 Å². The number of halogens is 6. The highest BCUT2D eigenvalue weighted by atomic mass is 19.4. The van der Waals surface area contributed by atoms with Crippen molar-refractivity contribution in [1.29, 1.82) is 0 Å². The first-order valence-corrected chi connectivity index (χ1v) is 12.3. The van der Waals surface area contributed by atoms with Crippen molar-refractivity contribution in [3.8, 4) is 0 Å². The summed E-state index contributed by atoms with van der Waals surface area (Å²) in [5.74, 6) is 1.01. The molecule has 9 heteroatoms. The van der Waals surface area contributed by atoms with Crippen molar-refractivity contribution in [3.05, 3.63) is 0 Å². The smallest absolute Gasteiger partial charge is 0.390 e. The topological polar surface area (TPSA) is 49.7 Å². The molecule has 0 radical (unpaired) electrons. The van der Waals surface area contributed by atoms with Gasteiger partial charge in [-0.1, -0.05) is 13.8 Å². The van der Waals surface area contributed by atoms with E-state index < -0.39 is 30.9 Å². The van der Waals surface area contributed by atoms with Crippen molar-refractivity contribution in [2.45, 2.75) is 95.9 Å². The Kier molecular flexibility index (Phi) is 6.61. The van der Waals surface area contributed by atoms with E-state index in [-0.39, 0.29) is 41.9 Å². The van der Waals surface area contributed by atoms with Crippen molar-refractivity contribution in [2.75, 3.05) is 6.61 Å². The zero-order chi connectivity index (χ0) is 24.4. The second kappa shape index (κ2) is 8.54. The number of hydrogen-bond acceptors (Lipinski definition) is 3. The van der Waals surface area contributed by atoms with Gasteiger partial charge >= 0.3 is 12.5 Å². The Bertz CT molecular complexity index is 711. The number of rotatable bonds is 4. The lowest BCUT2D eigenvalue weighted by Crippen LogP contribution is -2.55. The van der Waals surface area contributed by atoms with Crippen LogP contribution in [0.5, 0.6) is 0 Å². The Balaban J connectivity index is 1.44. The number of hydrogen-bond donors (Lipinski definition) is 2. The third-order valence-corrected chi connectivity index (χ3v) is 10.3. The minimum atomic E-state index is -4.77. The molecule has 10 atom stereocenters. The molecule has 0 aromatic carbocycles. The molecule has 4 aliphatic rings. The highest BCUT2D eigenvalue weighted by Gasteiger charge is 2.62. The lowest BCUT2D eigenvalue weighted by Gasteiger charge is -2.57. The summed E-state index contributed by atoms with van der Waals surface area (Å²) < 4.78 is 81.4. The molecule has 0 bridgehead atoms. The molecular formula is C24H36F6O3. The van der Waals surface area contributed by atoms with Crippen molar-refractivity contribution in [3.63, 3.8) is 0 Å². The first-order valence-electron chi connectivity index (χ1n) is 12.3. The van der Waals surface area contributed by atoms with Gasteiger partial charge < -0.3 is 10.2 Å². The Morgan fingerprint density at radius 1 is 0.909 bits per heavy atom. The quantitative estimate of drug-likeness (QED) is 0.474.